The molecule has 0 saturated heterocycles. The first-order valence-electron chi connectivity index (χ1n) is 5.90. The first-order valence-corrected chi connectivity index (χ1v) is 6.28. The molecule has 94 valence electrons. The summed E-state index contributed by atoms with van der Waals surface area (Å²) in [6, 6.07) is 6.89. The van der Waals surface area contributed by atoms with E-state index in [1.807, 2.05) is 10.6 Å². The van der Waals surface area contributed by atoms with Crippen LogP contribution in [0.25, 0.3) is 11.4 Å². The molecule has 1 aliphatic rings. The second kappa shape index (κ2) is 4.30. The van der Waals surface area contributed by atoms with Gasteiger partial charge in [0.05, 0.1) is 11.8 Å². The van der Waals surface area contributed by atoms with Gasteiger partial charge in [-0.3, -0.25) is 0 Å². The highest BCUT2D eigenvalue weighted by molar-refractivity contribution is 6.30. The molecule has 2 heterocycles. The van der Waals surface area contributed by atoms with Gasteiger partial charge in [-0.1, -0.05) is 23.7 Å². The van der Waals surface area contributed by atoms with E-state index in [1.54, 1.807) is 18.2 Å². The van der Waals surface area contributed by atoms with Crippen LogP contribution in [0.15, 0.2) is 24.3 Å². The van der Waals surface area contributed by atoms with E-state index in [0.29, 0.717) is 23.1 Å². The highest BCUT2D eigenvalue weighted by Gasteiger charge is 2.26. The third kappa shape index (κ3) is 1.78. The van der Waals surface area contributed by atoms with Gasteiger partial charge in [0, 0.05) is 12.1 Å². The van der Waals surface area contributed by atoms with Gasteiger partial charge in [-0.05, 0) is 25.0 Å². The molecule has 3 rings (SSSR count). The minimum atomic E-state index is -0.551. The summed E-state index contributed by atoms with van der Waals surface area (Å²) >= 11 is 6.09. The Kier molecular flexibility index (Phi) is 2.76. The zero-order valence-electron chi connectivity index (χ0n) is 9.67. The second-order valence-electron chi connectivity index (χ2n) is 4.47. The molecular formula is C13H13ClN2O2. The number of rotatable bonds is 1. The summed E-state index contributed by atoms with van der Waals surface area (Å²) < 4.78 is 1.94. The Hall–Kier alpha value is -1.52. The van der Waals surface area contributed by atoms with Crippen molar-refractivity contribution in [3.05, 3.63) is 35.1 Å². The number of halogens is 1. The average Bonchev–Trinajstić information content (AvgIpc) is 2.68. The van der Waals surface area contributed by atoms with E-state index < -0.39 is 6.10 Å². The van der Waals surface area contributed by atoms with E-state index in [1.165, 1.54) is 0 Å². The van der Waals surface area contributed by atoms with Crippen LogP contribution in [0.4, 0.5) is 0 Å². The number of nitrogens with zero attached hydrogens (tertiary/aromatic N) is 2. The predicted octanol–water partition coefficient (Wildman–Crippen LogP) is 2.74. The molecule has 1 aliphatic heterocycles. The average molecular weight is 265 g/mol. The fourth-order valence-electron chi connectivity index (χ4n) is 2.42. The van der Waals surface area contributed by atoms with E-state index in [9.17, 15) is 10.2 Å². The van der Waals surface area contributed by atoms with Crippen LogP contribution in [0.3, 0.4) is 0 Å². The Bertz CT molecular complexity index is 595. The lowest BCUT2D eigenvalue weighted by Crippen LogP contribution is -2.15. The van der Waals surface area contributed by atoms with Crippen LogP contribution in [0, 0.1) is 0 Å². The van der Waals surface area contributed by atoms with Crippen molar-refractivity contribution in [2.75, 3.05) is 0 Å². The van der Waals surface area contributed by atoms with E-state index in [0.717, 1.165) is 18.5 Å². The zero-order valence-corrected chi connectivity index (χ0v) is 10.4. The van der Waals surface area contributed by atoms with E-state index in [-0.39, 0.29) is 5.75 Å². The first-order chi connectivity index (χ1) is 8.66. The van der Waals surface area contributed by atoms with Crippen molar-refractivity contribution in [1.29, 1.82) is 0 Å². The molecule has 1 unspecified atom stereocenters. The van der Waals surface area contributed by atoms with Crippen LogP contribution in [0.2, 0.25) is 5.15 Å². The number of hydrogen-bond donors (Lipinski definition) is 2. The number of phenolic OH excluding ortho intramolecular Hbond substituents is 1. The van der Waals surface area contributed by atoms with Crippen molar-refractivity contribution in [3.8, 4) is 17.1 Å². The summed E-state index contributed by atoms with van der Waals surface area (Å²) in [6.07, 6.45) is 1.06. The molecule has 1 aromatic carbocycles. The van der Waals surface area contributed by atoms with Gasteiger partial charge in [-0.15, -0.1) is 0 Å². The SMILES string of the molecule is Oc1cccc(-c2nc(Cl)c3n2CCCC3O)c1. The summed E-state index contributed by atoms with van der Waals surface area (Å²) in [5.41, 5.74) is 1.48. The predicted molar refractivity (Wildman–Crippen MR) is 68.5 cm³/mol. The number of hydrogen-bond acceptors (Lipinski definition) is 3. The number of benzene rings is 1. The molecule has 0 aliphatic carbocycles. The lowest BCUT2D eigenvalue weighted by molar-refractivity contribution is 0.139. The maximum absolute atomic E-state index is 9.96. The fraction of sp³-hybridized carbons (Fsp3) is 0.308. The van der Waals surface area contributed by atoms with Gasteiger partial charge in [0.2, 0.25) is 0 Å². The van der Waals surface area contributed by atoms with Crippen molar-refractivity contribution in [1.82, 2.24) is 9.55 Å². The van der Waals surface area contributed by atoms with Crippen LogP contribution in [0.1, 0.15) is 24.6 Å². The highest BCUT2D eigenvalue weighted by atomic mass is 35.5. The van der Waals surface area contributed by atoms with Crippen LogP contribution in [-0.2, 0) is 6.54 Å². The summed E-state index contributed by atoms with van der Waals surface area (Å²) in [7, 11) is 0. The van der Waals surface area contributed by atoms with Gasteiger partial charge in [0.15, 0.2) is 5.15 Å². The maximum atomic E-state index is 9.96. The van der Waals surface area contributed by atoms with Crippen molar-refractivity contribution in [2.45, 2.75) is 25.5 Å². The topological polar surface area (TPSA) is 58.3 Å². The number of fused-ring (bicyclic) bond motifs is 1. The Morgan fingerprint density at radius 3 is 3.00 bits per heavy atom. The van der Waals surface area contributed by atoms with Gasteiger partial charge in [0.25, 0.3) is 0 Å². The molecule has 0 amide bonds. The van der Waals surface area contributed by atoms with E-state index >= 15 is 0 Å². The molecule has 1 aromatic heterocycles. The van der Waals surface area contributed by atoms with Crippen molar-refractivity contribution < 1.29 is 10.2 Å². The summed E-state index contributed by atoms with van der Waals surface area (Å²) in [6.45, 7) is 0.789. The lowest BCUT2D eigenvalue weighted by Gasteiger charge is -2.21. The van der Waals surface area contributed by atoms with Crippen LogP contribution < -0.4 is 0 Å². The van der Waals surface area contributed by atoms with Crippen LogP contribution in [0.5, 0.6) is 5.75 Å². The number of aliphatic hydroxyl groups excluding tert-OH is 1. The molecule has 0 fully saturated rings. The largest absolute Gasteiger partial charge is 0.508 e. The quantitative estimate of drug-likeness (QED) is 0.833. The zero-order chi connectivity index (χ0) is 12.7. The monoisotopic (exact) mass is 264 g/mol. The molecule has 4 nitrogen and oxygen atoms in total. The van der Waals surface area contributed by atoms with Gasteiger partial charge in [-0.25, -0.2) is 4.98 Å². The third-order valence-corrected chi connectivity index (χ3v) is 3.52. The van der Waals surface area contributed by atoms with Gasteiger partial charge < -0.3 is 14.8 Å². The third-order valence-electron chi connectivity index (χ3n) is 3.24. The smallest absolute Gasteiger partial charge is 0.153 e. The number of aliphatic hydroxyl groups is 1. The normalized spacial score (nSPS) is 18.7. The van der Waals surface area contributed by atoms with Crippen LogP contribution >= 0.6 is 11.6 Å². The molecule has 0 spiro atoms. The Balaban J connectivity index is 2.16. The molecule has 2 N–H and O–H groups in total. The lowest BCUT2D eigenvalue weighted by atomic mass is 10.1. The van der Waals surface area contributed by atoms with Crippen molar-refractivity contribution >= 4 is 11.6 Å². The molecular weight excluding hydrogens is 252 g/mol. The van der Waals surface area contributed by atoms with E-state index in [4.69, 9.17) is 11.6 Å². The molecule has 5 heteroatoms. The Labute approximate surface area is 109 Å². The second-order valence-corrected chi connectivity index (χ2v) is 4.83. The minimum Gasteiger partial charge on any atom is -0.508 e. The highest BCUT2D eigenvalue weighted by Crippen LogP contribution is 2.35. The van der Waals surface area contributed by atoms with Gasteiger partial charge >= 0.3 is 0 Å². The summed E-state index contributed by atoms with van der Waals surface area (Å²) in [4.78, 5) is 4.31. The number of aromatic nitrogens is 2. The summed E-state index contributed by atoms with van der Waals surface area (Å²) in [5.74, 6) is 0.891. The molecule has 0 radical (unpaired) electrons. The standard InChI is InChI=1S/C13H13ClN2O2/c14-12-11-10(18)5-2-6-16(11)13(15-12)8-3-1-4-9(17)7-8/h1,3-4,7,10,17-18H,2,5-6H2. The number of phenols is 1. The molecule has 2 aromatic rings. The van der Waals surface area contributed by atoms with Crippen molar-refractivity contribution in [2.24, 2.45) is 0 Å². The fourth-order valence-corrected chi connectivity index (χ4v) is 2.73. The summed E-state index contributed by atoms with van der Waals surface area (Å²) in [5, 5.41) is 19.8. The van der Waals surface area contributed by atoms with Gasteiger partial charge in [-0.2, -0.15) is 0 Å². The molecule has 0 saturated carbocycles. The Morgan fingerprint density at radius 2 is 2.22 bits per heavy atom. The molecule has 1 atom stereocenters. The molecule has 0 bridgehead atoms. The maximum Gasteiger partial charge on any atom is 0.153 e. The van der Waals surface area contributed by atoms with Crippen molar-refractivity contribution in [3.63, 3.8) is 0 Å². The number of aromatic hydroxyl groups is 1. The molecule has 18 heavy (non-hydrogen) atoms. The minimum absolute atomic E-state index is 0.192. The van der Waals surface area contributed by atoms with Crippen LogP contribution in [-0.4, -0.2) is 19.8 Å². The first kappa shape index (κ1) is 11.6. The Morgan fingerprint density at radius 1 is 1.39 bits per heavy atom. The number of imidazole rings is 1. The van der Waals surface area contributed by atoms with E-state index in [2.05, 4.69) is 4.98 Å². The van der Waals surface area contributed by atoms with Gasteiger partial charge in [0.1, 0.15) is 11.6 Å².